The van der Waals surface area contributed by atoms with Crippen LogP contribution in [0.5, 0.6) is 0 Å². The van der Waals surface area contributed by atoms with Gasteiger partial charge in [-0.1, -0.05) is 5.18 Å². The molecule has 5 nitrogen and oxygen atoms in total. The quantitative estimate of drug-likeness (QED) is 0.432. The van der Waals surface area contributed by atoms with Gasteiger partial charge in [0.25, 0.3) is 0 Å². The molecule has 0 unspecified atom stereocenters. The van der Waals surface area contributed by atoms with Gasteiger partial charge in [-0.2, -0.15) is 4.91 Å². The van der Waals surface area contributed by atoms with Gasteiger partial charge in [-0.15, -0.1) is 0 Å². The molecule has 0 aromatic heterocycles. The summed E-state index contributed by atoms with van der Waals surface area (Å²) in [7, 11) is 0. The molecule has 0 radical (unpaired) electrons. The molecule has 0 aliphatic carbocycles. The van der Waals surface area contributed by atoms with E-state index in [-0.39, 0.29) is 12.1 Å². The zero-order valence-corrected chi connectivity index (χ0v) is 5.53. The molecule has 1 rings (SSSR count). The molecule has 0 aromatic rings. The van der Waals surface area contributed by atoms with Gasteiger partial charge < -0.3 is 4.74 Å². The monoisotopic (exact) mass is 146 g/mol. The molecule has 0 bridgehead atoms. The largest absolute Gasteiger partial charge is 0.376 e. The third-order valence-corrected chi connectivity index (χ3v) is 1.49. The Hall–Kier alpha value is -0.520. The van der Waals surface area contributed by atoms with E-state index in [4.69, 9.17) is 10.6 Å². The predicted molar refractivity (Wildman–Crippen MR) is 34.1 cm³/mol. The third-order valence-electron chi connectivity index (χ3n) is 1.49. The van der Waals surface area contributed by atoms with Gasteiger partial charge in [0.05, 0.1) is 13.2 Å². The highest BCUT2D eigenvalue weighted by atomic mass is 16.6. The van der Waals surface area contributed by atoms with Crippen LogP contribution in [0.2, 0.25) is 0 Å². The van der Waals surface area contributed by atoms with Gasteiger partial charge in [-0.3, -0.25) is 4.84 Å². The molecule has 2 N–H and O–H groups in total. The number of nitroso groups, excluding NO2 is 1. The summed E-state index contributed by atoms with van der Waals surface area (Å²) in [5.41, 5.74) is 0. The molecule has 10 heavy (non-hydrogen) atoms. The normalized spacial score (nSPS) is 33.7. The maximum atomic E-state index is 10.00. The molecule has 58 valence electrons. The second-order valence-corrected chi connectivity index (χ2v) is 2.29. The molecule has 1 fully saturated rings. The topological polar surface area (TPSA) is 73.9 Å². The van der Waals surface area contributed by atoms with Gasteiger partial charge in [0.1, 0.15) is 12.1 Å². The van der Waals surface area contributed by atoms with Gasteiger partial charge in [-0.25, -0.2) is 5.90 Å². The van der Waals surface area contributed by atoms with Gasteiger partial charge in [0.2, 0.25) is 0 Å². The van der Waals surface area contributed by atoms with Crippen molar-refractivity contribution in [1.82, 2.24) is 0 Å². The highest BCUT2D eigenvalue weighted by Crippen LogP contribution is 2.11. The van der Waals surface area contributed by atoms with E-state index in [1.807, 2.05) is 0 Å². The van der Waals surface area contributed by atoms with Crippen LogP contribution in [-0.4, -0.2) is 25.4 Å². The molecule has 2 atom stereocenters. The molecule has 1 aliphatic heterocycles. The highest BCUT2D eigenvalue weighted by Gasteiger charge is 2.22. The summed E-state index contributed by atoms with van der Waals surface area (Å²) in [5, 5.41) is 2.84. The Morgan fingerprint density at radius 1 is 1.60 bits per heavy atom. The van der Waals surface area contributed by atoms with E-state index in [1.54, 1.807) is 0 Å². The molecular formula is C5H10N2O3. The summed E-state index contributed by atoms with van der Waals surface area (Å²) in [6, 6.07) is -0.290. The van der Waals surface area contributed by atoms with E-state index in [1.165, 1.54) is 0 Å². The van der Waals surface area contributed by atoms with Crippen LogP contribution in [0.3, 0.4) is 0 Å². The van der Waals surface area contributed by atoms with Crippen LogP contribution in [0.25, 0.3) is 0 Å². The van der Waals surface area contributed by atoms with E-state index in [0.29, 0.717) is 19.6 Å². The lowest BCUT2D eigenvalue weighted by molar-refractivity contribution is -0.0584. The lowest BCUT2D eigenvalue weighted by Crippen LogP contribution is -2.35. The average molecular weight is 146 g/mol. The first-order valence-electron chi connectivity index (χ1n) is 3.12. The van der Waals surface area contributed by atoms with Crippen LogP contribution in [0.1, 0.15) is 6.42 Å². The van der Waals surface area contributed by atoms with Gasteiger partial charge in [0.15, 0.2) is 0 Å². The molecule has 1 saturated heterocycles. The van der Waals surface area contributed by atoms with Gasteiger partial charge in [-0.05, 0) is 0 Å². The van der Waals surface area contributed by atoms with Crippen molar-refractivity contribution in [3.05, 3.63) is 4.91 Å². The second kappa shape index (κ2) is 3.60. The summed E-state index contributed by atoms with van der Waals surface area (Å²) >= 11 is 0. The lowest BCUT2D eigenvalue weighted by atomic mass is 10.1. The standard InChI is InChI=1S/C5H10N2O3/c6-10-5-1-4(7-8)2-9-3-5/h4-5H,1-3,6H2/t4-,5+/m1/s1. The van der Waals surface area contributed by atoms with E-state index in [9.17, 15) is 4.91 Å². The minimum Gasteiger partial charge on any atom is -0.376 e. The molecule has 1 aliphatic rings. The molecule has 1 heterocycles. The maximum absolute atomic E-state index is 10.00. The average Bonchev–Trinajstić information content (AvgIpc) is 2.05. The van der Waals surface area contributed by atoms with Crippen LogP contribution in [0, 0.1) is 4.91 Å². The van der Waals surface area contributed by atoms with Crippen LogP contribution < -0.4 is 5.90 Å². The van der Waals surface area contributed by atoms with Crippen LogP contribution in [0.15, 0.2) is 5.18 Å². The maximum Gasteiger partial charge on any atom is 0.118 e. The van der Waals surface area contributed by atoms with Crippen molar-refractivity contribution in [2.75, 3.05) is 13.2 Å². The van der Waals surface area contributed by atoms with Crippen LogP contribution >= 0.6 is 0 Å². The molecule has 0 saturated carbocycles. The Morgan fingerprint density at radius 2 is 2.40 bits per heavy atom. The van der Waals surface area contributed by atoms with E-state index in [0.717, 1.165) is 0 Å². The molecule has 5 heteroatoms. The molecule has 0 spiro atoms. The van der Waals surface area contributed by atoms with Crippen molar-refractivity contribution in [2.24, 2.45) is 11.1 Å². The highest BCUT2D eigenvalue weighted by molar-refractivity contribution is 4.74. The first kappa shape index (κ1) is 7.59. The smallest absolute Gasteiger partial charge is 0.118 e. The number of nitrogens with zero attached hydrogens (tertiary/aromatic N) is 1. The van der Waals surface area contributed by atoms with Crippen molar-refractivity contribution < 1.29 is 9.57 Å². The molecule has 0 amide bonds. The van der Waals surface area contributed by atoms with Crippen molar-refractivity contribution in [1.29, 1.82) is 0 Å². The van der Waals surface area contributed by atoms with Crippen LogP contribution in [-0.2, 0) is 9.57 Å². The summed E-state index contributed by atoms with van der Waals surface area (Å²) in [6.45, 7) is 0.853. The number of nitrogens with two attached hydrogens (primary N) is 1. The van der Waals surface area contributed by atoms with E-state index >= 15 is 0 Å². The predicted octanol–water partition coefficient (Wildman–Crippen LogP) is -0.199. The van der Waals surface area contributed by atoms with Gasteiger partial charge in [0, 0.05) is 6.42 Å². The minimum atomic E-state index is -0.290. The Morgan fingerprint density at radius 3 is 3.00 bits per heavy atom. The first-order valence-corrected chi connectivity index (χ1v) is 3.12. The summed E-state index contributed by atoms with van der Waals surface area (Å²) < 4.78 is 4.98. The number of rotatable bonds is 2. The lowest BCUT2D eigenvalue weighted by Gasteiger charge is -2.22. The van der Waals surface area contributed by atoms with Crippen LogP contribution in [0.4, 0.5) is 0 Å². The second-order valence-electron chi connectivity index (χ2n) is 2.29. The molecular weight excluding hydrogens is 136 g/mol. The fourth-order valence-electron chi connectivity index (χ4n) is 0.943. The SMILES string of the molecule is NO[C@@H]1COC[C@H](N=O)C1. The Kier molecular flexibility index (Phi) is 2.73. The minimum absolute atomic E-state index is 0.170. The molecule has 0 aromatic carbocycles. The third kappa shape index (κ3) is 1.73. The number of hydrogen-bond donors (Lipinski definition) is 1. The Balaban J connectivity index is 2.31. The Labute approximate surface area is 58.4 Å². The zero-order valence-electron chi connectivity index (χ0n) is 5.53. The summed E-state index contributed by atoms with van der Waals surface area (Å²) in [5.74, 6) is 4.90. The first-order chi connectivity index (χ1) is 4.86. The zero-order chi connectivity index (χ0) is 7.40. The number of ether oxygens (including phenoxy) is 1. The van der Waals surface area contributed by atoms with E-state index < -0.39 is 0 Å². The van der Waals surface area contributed by atoms with Crippen molar-refractivity contribution in [3.8, 4) is 0 Å². The van der Waals surface area contributed by atoms with E-state index in [2.05, 4.69) is 10.0 Å². The fourth-order valence-corrected chi connectivity index (χ4v) is 0.943. The number of hydrogen-bond acceptors (Lipinski definition) is 5. The summed E-state index contributed by atoms with van der Waals surface area (Å²) in [4.78, 5) is 14.5. The summed E-state index contributed by atoms with van der Waals surface area (Å²) in [6.07, 6.45) is 0.399. The fraction of sp³-hybridized carbons (Fsp3) is 1.00. The van der Waals surface area contributed by atoms with Crippen molar-refractivity contribution in [2.45, 2.75) is 18.6 Å². The van der Waals surface area contributed by atoms with Crippen molar-refractivity contribution in [3.63, 3.8) is 0 Å². The Bertz CT molecular complexity index is 119. The van der Waals surface area contributed by atoms with Gasteiger partial charge >= 0.3 is 0 Å². The van der Waals surface area contributed by atoms with Crippen molar-refractivity contribution >= 4 is 0 Å².